The molecule has 0 heterocycles. The standard InChI is InChI=1S/Al.Mo.H3N.V/h;;1H3;. The van der Waals surface area contributed by atoms with Crippen molar-refractivity contribution in [2.24, 2.45) is 0 Å². The molecule has 0 aromatic heterocycles. The van der Waals surface area contributed by atoms with Crippen LogP contribution < -0.4 is 6.15 Å². The second-order valence-electron chi connectivity index (χ2n) is 0. The Balaban J connectivity index is 0. The van der Waals surface area contributed by atoms with Crippen LogP contribution in [0.15, 0.2) is 0 Å². The summed E-state index contributed by atoms with van der Waals surface area (Å²) in [5.74, 6) is 0. The van der Waals surface area contributed by atoms with Crippen molar-refractivity contribution < 1.29 is 39.6 Å². The molecule has 0 bridgehead atoms. The van der Waals surface area contributed by atoms with Gasteiger partial charge in [0.1, 0.15) is 0 Å². The Bertz CT molecular complexity index is 8.00. The third kappa shape index (κ3) is 9.24. The molecule has 0 aliphatic rings. The quantitative estimate of drug-likeness (QED) is 0.527. The molecule has 0 amide bonds. The van der Waals surface area contributed by atoms with Gasteiger partial charge >= 0.3 is 0 Å². The molecule has 0 spiro atoms. The van der Waals surface area contributed by atoms with E-state index in [1.54, 1.807) is 0 Å². The zero-order valence-electron chi connectivity index (χ0n) is 2.14. The van der Waals surface area contributed by atoms with Crippen LogP contribution in [0.5, 0.6) is 0 Å². The Labute approximate surface area is 62.8 Å². The van der Waals surface area contributed by atoms with Crippen LogP contribution in [0.1, 0.15) is 0 Å². The first-order chi connectivity index (χ1) is 0. The van der Waals surface area contributed by atoms with E-state index in [9.17, 15) is 0 Å². The Morgan fingerprint density at radius 3 is 1.00 bits per heavy atom. The molecular formula is H3AlMoNV. The number of rotatable bonds is 0. The van der Waals surface area contributed by atoms with Crippen LogP contribution in [-0.4, -0.2) is 17.4 Å². The first-order valence-corrected chi connectivity index (χ1v) is 0. The summed E-state index contributed by atoms with van der Waals surface area (Å²) in [5, 5.41) is 0. The predicted molar refractivity (Wildman–Crippen MR) is 10.8 cm³/mol. The van der Waals surface area contributed by atoms with Gasteiger partial charge in [-0.2, -0.15) is 0 Å². The van der Waals surface area contributed by atoms with Gasteiger partial charge in [0, 0.05) is 57.0 Å². The first kappa shape index (κ1) is 42.0. The third-order valence-electron chi connectivity index (χ3n) is 0. The van der Waals surface area contributed by atoms with Crippen molar-refractivity contribution in [2.45, 2.75) is 0 Å². The molecule has 0 saturated carbocycles. The van der Waals surface area contributed by atoms with E-state index in [2.05, 4.69) is 0 Å². The van der Waals surface area contributed by atoms with E-state index < -0.39 is 0 Å². The van der Waals surface area contributed by atoms with Crippen molar-refractivity contribution in [3.63, 3.8) is 0 Å². The van der Waals surface area contributed by atoms with Crippen molar-refractivity contribution in [2.75, 3.05) is 0 Å². The van der Waals surface area contributed by atoms with Crippen molar-refractivity contribution in [1.29, 1.82) is 0 Å². The van der Waals surface area contributed by atoms with Gasteiger partial charge < -0.3 is 6.15 Å². The molecule has 3 N–H and O–H groups in total. The van der Waals surface area contributed by atoms with Gasteiger partial charge in [-0.15, -0.1) is 0 Å². The van der Waals surface area contributed by atoms with E-state index in [4.69, 9.17) is 0 Å². The summed E-state index contributed by atoms with van der Waals surface area (Å²) in [5.41, 5.74) is 0. The van der Waals surface area contributed by atoms with Gasteiger partial charge in [0.2, 0.25) is 0 Å². The normalized spacial score (nSPS) is 0. The maximum atomic E-state index is 0. The summed E-state index contributed by atoms with van der Waals surface area (Å²) in [6, 6.07) is 0. The van der Waals surface area contributed by atoms with Gasteiger partial charge in [-0.05, 0) is 0 Å². The molecule has 4 radical (unpaired) electrons. The molecular weight excluding hydrogens is 188 g/mol. The second kappa shape index (κ2) is 21.7. The Morgan fingerprint density at radius 1 is 1.00 bits per heavy atom. The van der Waals surface area contributed by atoms with Crippen LogP contribution in [0, 0.1) is 0 Å². The molecule has 0 aromatic carbocycles. The van der Waals surface area contributed by atoms with Crippen LogP contribution >= 0.6 is 0 Å². The SMILES string of the molecule is N.[Al].[Mo].[V]. The number of hydrogen-bond acceptors (Lipinski definition) is 1. The van der Waals surface area contributed by atoms with Gasteiger partial charge in [-0.25, -0.2) is 0 Å². The van der Waals surface area contributed by atoms with Crippen LogP contribution in [0.25, 0.3) is 0 Å². The molecule has 0 rings (SSSR count). The topological polar surface area (TPSA) is 35.0 Å². The molecule has 0 fully saturated rings. The number of hydrogen-bond donors (Lipinski definition) is 1. The van der Waals surface area contributed by atoms with Gasteiger partial charge in [-0.3, -0.25) is 0 Å². The Morgan fingerprint density at radius 2 is 1.00 bits per heavy atom. The van der Waals surface area contributed by atoms with Gasteiger partial charge in [0.05, 0.1) is 0 Å². The molecule has 0 atom stereocenters. The fraction of sp³-hybridized carbons (Fsp3) is 0. The fourth-order valence-corrected chi connectivity index (χ4v) is 0. The summed E-state index contributed by atoms with van der Waals surface area (Å²) in [6.45, 7) is 0. The predicted octanol–water partition coefficient (Wildman–Crippen LogP) is -0.224. The minimum Gasteiger partial charge on any atom is -0.344 e. The molecule has 0 aromatic rings. The summed E-state index contributed by atoms with van der Waals surface area (Å²) < 4.78 is 0. The van der Waals surface area contributed by atoms with Crippen molar-refractivity contribution >= 4 is 17.4 Å². The maximum absolute atomic E-state index is 0. The van der Waals surface area contributed by atoms with Crippen molar-refractivity contribution in [1.82, 2.24) is 6.15 Å². The van der Waals surface area contributed by atoms with E-state index in [0.29, 0.717) is 0 Å². The van der Waals surface area contributed by atoms with Crippen LogP contribution in [0.3, 0.4) is 0 Å². The van der Waals surface area contributed by atoms with E-state index >= 15 is 0 Å². The molecule has 22 valence electrons. The molecule has 4 heteroatoms. The zero-order valence-corrected chi connectivity index (χ0v) is 6.70. The largest absolute Gasteiger partial charge is 0.344 e. The fourth-order valence-electron chi connectivity index (χ4n) is 0. The van der Waals surface area contributed by atoms with Crippen LogP contribution in [0.4, 0.5) is 0 Å². The smallest absolute Gasteiger partial charge is 0 e. The average molecular weight is 191 g/mol. The minimum absolute atomic E-state index is 0. The van der Waals surface area contributed by atoms with Crippen LogP contribution in [-0.2, 0) is 39.6 Å². The van der Waals surface area contributed by atoms with Crippen LogP contribution in [0.2, 0.25) is 0 Å². The molecule has 1 nitrogen and oxygen atoms in total. The first-order valence-electron chi connectivity index (χ1n) is 0. The zero-order chi connectivity index (χ0) is 0. The summed E-state index contributed by atoms with van der Waals surface area (Å²) in [6.07, 6.45) is 0. The van der Waals surface area contributed by atoms with E-state index in [-0.39, 0.29) is 63.1 Å². The maximum Gasteiger partial charge on any atom is 0 e. The second-order valence-corrected chi connectivity index (χ2v) is 0. The van der Waals surface area contributed by atoms with Gasteiger partial charge in [0.25, 0.3) is 0 Å². The molecule has 0 saturated heterocycles. The summed E-state index contributed by atoms with van der Waals surface area (Å²) in [7, 11) is 0. The van der Waals surface area contributed by atoms with E-state index in [1.807, 2.05) is 0 Å². The minimum atomic E-state index is 0. The Hall–Kier alpha value is 1.77. The Kier molecular flexibility index (Phi) is 228. The summed E-state index contributed by atoms with van der Waals surface area (Å²) >= 11 is 0. The third-order valence-corrected chi connectivity index (χ3v) is 0. The van der Waals surface area contributed by atoms with Crippen molar-refractivity contribution in [3.05, 3.63) is 0 Å². The van der Waals surface area contributed by atoms with Gasteiger partial charge in [-0.1, -0.05) is 0 Å². The molecule has 0 aliphatic carbocycles. The molecule has 4 heavy (non-hydrogen) atoms. The molecule has 0 unspecified atom stereocenters. The van der Waals surface area contributed by atoms with Gasteiger partial charge in [0.15, 0.2) is 0 Å². The summed E-state index contributed by atoms with van der Waals surface area (Å²) in [4.78, 5) is 0. The van der Waals surface area contributed by atoms with E-state index in [1.165, 1.54) is 0 Å². The average Bonchev–Trinajstić information content (AvgIpc) is 0. The monoisotopic (exact) mass is 193 g/mol. The molecule has 0 aliphatic heterocycles. The van der Waals surface area contributed by atoms with Crippen molar-refractivity contribution in [3.8, 4) is 0 Å². The van der Waals surface area contributed by atoms with E-state index in [0.717, 1.165) is 0 Å².